The van der Waals surface area contributed by atoms with Crippen molar-refractivity contribution in [2.75, 3.05) is 26.3 Å². The van der Waals surface area contributed by atoms with E-state index >= 15 is 0 Å². The number of aliphatic hydroxyl groups is 1. The Hall–Kier alpha value is -1.76. The van der Waals surface area contributed by atoms with Crippen molar-refractivity contribution in [1.29, 1.82) is 0 Å². The van der Waals surface area contributed by atoms with Gasteiger partial charge in [0.15, 0.2) is 0 Å². The van der Waals surface area contributed by atoms with Crippen LogP contribution in [0.2, 0.25) is 0 Å². The Balaban J connectivity index is 1.72. The highest BCUT2D eigenvalue weighted by molar-refractivity contribution is 5.10. The molecule has 3 heterocycles. The molecule has 6 heteroatoms. The van der Waals surface area contributed by atoms with Gasteiger partial charge in [-0.05, 0) is 37.5 Å². The minimum Gasteiger partial charge on any atom is -0.395 e. The predicted octanol–water partition coefficient (Wildman–Crippen LogP) is 2.26. The van der Waals surface area contributed by atoms with Gasteiger partial charge in [0.2, 0.25) is 0 Å². The summed E-state index contributed by atoms with van der Waals surface area (Å²) >= 11 is 0. The molecule has 1 fully saturated rings. The van der Waals surface area contributed by atoms with Gasteiger partial charge in [0, 0.05) is 57.3 Å². The smallest absolute Gasteiger partial charge is 0.103 e. The molecule has 0 aliphatic carbocycles. The molecule has 1 N–H and O–H groups in total. The van der Waals surface area contributed by atoms with E-state index in [1.54, 1.807) is 6.20 Å². The molecule has 0 saturated carbocycles. The fourth-order valence-electron chi connectivity index (χ4n) is 3.66. The Morgan fingerprint density at radius 3 is 3.04 bits per heavy atom. The summed E-state index contributed by atoms with van der Waals surface area (Å²) in [7, 11) is 0. The first kappa shape index (κ1) is 18.0. The lowest BCUT2D eigenvalue weighted by atomic mass is 9.91. The van der Waals surface area contributed by atoms with Crippen molar-refractivity contribution in [3.05, 3.63) is 48.0 Å². The molecule has 0 amide bonds. The first-order valence-corrected chi connectivity index (χ1v) is 9.17. The third-order valence-electron chi connectivity index (χ3n) is 4.82. The van der Waals surface area contributed by atoms with Gasteiger partial charge in [0.05, 0.1) is 12.3 Å². The fourth-order valence-corrected chi connectivity index (χ4v) is 3.66. The number of aliphatic hydroxyl groups excluding tert-OH is 1. The van der Waals surface area contributed by atoms with Gasteiger partial charge in [0.25, 0.3) is 0 Å². The summed E-state index contributed by atoms with van der Waals surface area (Å²) in [4.78, 5) is 6.50. The Kier molecular flexibility index (Phi) is 6.55. The number of hydrogen-bond acceptors (Lipinski definition) is 5. The van der Waals surface area contributed by atoms with Crippen LogP contribution in [0.15, 0.2) is 36.8 Å². The molecule has 2 aromatic rings. The molecule has 0 unspecified atom stereocenters. The molecule has 1 aliphatic heterocycles. The first-order chi connectivity index (χ1) is 12.3. The normalized spacial score (nSPS) is 20.9. The van der Waals surface area contributed by atoms with E-state index < -0.39 is 0 Å². The molecular weight excluding hydrogens is 316 g/mol. The Bertz CT molecular complexity index is 631. The predicted molar refractivity (Wildman–Crippen MR) is 95.9 cm³/mol. The summed E-state index contributed by atoms with van der Waals surface area (Å²) in [6.45, 7) is 6.27. The quantitative estimate of drug-likeness (QED) is 0.796. The van der Waals surface area contributed by atoms with Crippen LogP contribution in [0, 0.1) is 5.92 Å². The molecule has 1 aliphatic rings. The summed E-state index contributed by atoms with van der Waals surface area (Å²) in [5.74, 6) is 0.402. The summed E-state index contributed by atoms with van der Waals surface area (Å²) in [6.07, 6.45) is 7.83. The van der Waals surface area contributed by atoms with E-state index in [-0.39, 0.29) is 12.7 Å². The van der Waals surface area contributed by atoms with Crippen molar-refractivity contribution in [1.82, 2.24) is 19.7 Å². The van der Waals surface area contributed by atoms with E-state index in [1.165, 1.54) is 5.56 Å². The summed E-state index contributed by atoms with van der Waals surface area (Å²) < 4.78 is 8.17. The van der Waals surface area contributed by atoms with E-state index in [0.717, 1.165) is 44.8 Å². The molecule has 0 aromatic carbocycles. The lowest BCUT2D eigenvalue weighted by molar-refractivity contribution is -0.0453. The van der Waals surface area contributed by atoms with Gasteiger partial charge in [-0.2, -0.15) is 5.10 Å². The van der Waals surface area contributed by atoms with Crippen molar-refractivity contribution in [3.63, 3.8) is 0 Å². The van der Waals surface area contributed by atoms with Gasteiger partial charge in [-0.3, -0.25) is 14.6 Å². The molecule has 25 heavy (non-hydrogen) atoms. The highest BCUT2D eigenvalue weighted by Gasteiger charge is 2.31. The highest BCUT2D eigenvalue weighted by Crippen LogP contribution is 2.34. The molecule has 0 radical (unpaired) electrons. The Labute approximate surface area is 149 Å². The zero-order chi connectivity index (χ0) is 17.5. The van der Waals surface area contributed by atoms with Gasteiger partial charge in [-0.15, -0.1) is 0 Å². The minimum atomic E-state index is 0.0753. The molecule has 3 rings (SSSR count). The molecule has 6 nitrogen and oxygen atoms in total. The molecule has 136 valence electrons. The van der Waals surface area contributed by atoms with Crippen LogP contribution in [0.5, 0.6) is 0 Å². The highest BCUT2D eigenvalue weighted by atomic mass is 16.5. The number of aryl methyl sites for hydroxylation is 1. The lowest BCUT2D eigenvalue weighted by Crippen LogP contribution is -2.37. The third kappa shape index (κ3) is 4.66. The summed E-state index contributed by atoms with van der Waals surface area (Å²) in [5.41, 5.74) is 2.33. The third-order valence-corrected chi connectivity index (χ3v) is 4.82. The van der Waals surface area contributed by atoms with Crippen LogP contribution in [0.1, 0.15) is 37.1 Å². The van der Waals surface area contributed by atoms with Crippen LogP contribution in [0.4, 0.5) is 0 Å². The zero-order valence-corrected chi connectivity index (χ0v) is 14.9. The molecule has 0 bridgehead atoms. The second kappa shape index (κ2) is 9.08. The van der Waals surface area contributed by atoms with Crippen LogP contribution in [-0.4, -0.2) is 51.1 Å². The maximum Gasteiger partial charge on any atom is 0.103 e. The van der Waals surface area contributed by atoms with Crippen LogP contribution in [0.25, 0.3) is 0 Å². The summed E-state index contributed by atoms with van der Waals surface area (Å²) in [5, 5.41) is 13.9. The van der Waals surface area contributed by atoms with Crippen LogP contribution in [0.3, 0.4) is 0 Å². The number of rotatable bonds is 8. The van der Waals surface area contributed by atoms with Crippen molar-refractivity contribution >= 4 is 0 Å². The molecule has 2 atom stereocenters. The van der Waals surface area contributed by atoms with Gasteiger partial charge < -0.3 is 9.84 Å². The van der Waals surface area contributed by atoms with Gasteiger partial charge in [0.1, 0.15) is 6.10 Å². The summed E-state index contributed by atoms with van der Waals surface area (Å²) in [6, 6.07) is 6.11. The van der Waals surface area contributed by atoms with E-state index in [4.69, 9.17) is 4.74 Å². The first-order valence-electron chi connectivity index (χ1n) is 9.17. The van der Waals surface area contributed by atoms with Gasteiger partial charge in [-0.25, -0.2) is 0 Å². The monoisotopic (exact) mass is 344 g/mol. The van der Waals surface area contributed by atoms with E-state index in [2.05, 4.69) is 34.0 Å². The number of aromatic nitrogens is 3. The molecule has 1 saturated heterocycles. The van der Waals surface area contributed by atoms with Crippen LogP contribution in [-0.2, 0) is 17.8 Å². The second-order valence-electron chi connectivity index (χ2n) is 6.59. The Morgan fingerprint density at radius 2 is 2.28 bits per heavy atom. The minimum absolute atomic E-state index is 0.0753. The fraction of sp³-hybridized carbons (Fsp3) is 0.579. The number of nitrogens with zero attached hydrogens (tertiary/aromatic N) is 4. The lowest BCUT2D eigenvalue weighted by Gasteiger charge is -2.35. The molecule has 2 aromatic heterocycles. The van der Waals surface area contributed by atoms with Crippen LogP contribution >= 0.6 is 0 Å². The van der Waals surface area contributed by atoms with Gasteiger partial charge >= 0.3 is 0 Å². The Morgan fingerprint density at radius 1 is 1.36 bits per heavy atom. The second-order valence-corrected chi connectivity index (χ2v) is 6.59. The molecular formula is C19H28N4O2. The topological polar surface area (TPSA) is 63.4 Å². The maximum absolute atomic E-state index is 9.47. The zero-order valence-electron chi connectivity index (χ0n) is 14.9. The number of hydrogen-bond donors (Lipinski definition) is 1. The number of ether oxygens (including phenoxy) is 1. The van der Waals surface area contributed by atoms with Gasteiger partial charge in [-0.1, -0.05) is 6.07 Å². The van der Waals surface area contributed by atoms with Crippen LogP contribution < -0.4 is 0 Å². The van der Waals surface area contributed by atoms with E-state index in [9.17, 15) is 5.11 Å². The number of pyridine rings is 1. The van der Waals surface area contributed by atoms with E-state index in [1.807, 2.05) is 23.1 Å². The van der Waals surface area contributed by atoms with Crippen molar-refractivity contribution in [2.45, 2.75) is 39.0 Å². The largest absolute Gasteiger partial charge is 0.395 e. The maximum atomic E-state index is 9.47. The standard InChI is InChI=1S/C19H28N4O2/c1-2-23-18(7-9-21-23)19-17(6-4-12-25-19)15-22(10-11-24)14-16-5-3-8-20-13-16/h3,5,7-9,13,17,19,24H,2,4,6,10-12,14-15H2,1H3/t17-,19+/m0/s1. The van der Waals surface area contributed by atoms with Crippen molar-refractivity contribution < 1.29 is 9.84 Å². The average molecular weight is 344 g/mol. The SMILES string of the molecule is CCn1nccc1[C@@H]1OCCC[C@H]1CN(CCO)Cc1cccnc1. The molecule has 0 spiro atoms. The van der Waals surface area contributed by atoms with Crippen molar-refractivity contribution in [2.24, 2.45) is 5.92 Å². The average Bonchev–Trinajstić information content (AvgIpc) is 3.12. The van der Waals surface area contributed by atoms with E-state index in [0.29, 0.717) is 12.5 Å². The van der Waals surface area contributed by atoms with Crippen molar-refractivity contribution in [3.8, 4) is 0 Å².